The largest absolute Gasteiger partial charge is 0.337 e. The van der Waals surface area contributed by atoms with Gasteiger partial charge in [0.25, 0.3) is 5.91 Å². The van der Waals surface area contributed by atoms with Gasteiger partial charge in [0.2, 0.25) is 0 Å². The van der Waals surface area contributed by atoms with Crippen LogP contribution < -0.4 is 4.90 Å². The highest BCUT2D eigenvalue weighted by molar-refractivity contribution is 7.91. The lowest BCUT2D eigenvalue weighted by atomic mass is 9.98. The summed E-state index contributed by atoms with van der Waals surface area (Å²) in [5.74, 6) is 0.370. The van der Waals surface area contributed by atoms with Crippen molar-refractivity contribution in [2.75, 3.05) is 25.1 Å². The summed E-state index contributed by atoms with van der Waals surface area (Å²) in [7, 11) is -1.21. The third-order valence-electron chi connectivity index (χ3n) is 5.34. The van der Waals surface area contributed by atoms with Gasteiger partial charge in [0.15, 0.2) is 15.9 Å². The summed E-state index contributed by atoms with van der Waals surface area (Å²) in [5, 5.41) is 0. The van der Waals surface area contributed by atoms with E-state index in [4.69, 9.17) is 0 Å². The first kappa shape index (κ1) is 16.5. The van der Waals surface area contributed by atoms with Gasteiger partial charge < -0.3 is 9.80 Å². The van der Waals surface area contributed by atoms with E-state index in [-0.39, 0.29) is 29.5 Å². The van der Waals surface area contributed by atoms with Crippen LogP contribution in [0.25, 0.3) is 0 Å². The number of nitrogens with zero attached hydrogens (tertiary/aromatic N) is 1. The molecule has 0 aliphatic carbocycles. The molecule has 2 heterocycles. The molecule has 1 saturated heterocycles. The molecule has 0 bridgehead atoms. The number of carbonyl (C=O) groups is 1. The molecule has 1 aromatic rings. The lowest BCUT2D eigenvalue weighted by Gasteiger charge is -2.33. The molecular weight excluding hydrogens is 312 g/mol. The molecule has 5 nitrogen and oxygen atoms in total. The van der Waals surface area contributed by atoms with E-state index >= 15 is 0 Å². The van der Waals surface area contributed by atoms with E-state index < -0.39 is 9.84 Å². The summed E-state index contributed by atoms with van der Waals surface area (Å²) in [6, 6.07) is 8.10. The number of rotatable bonds is 3. The third kappa shape index (κ3) is 3.43. The lowest BCUT2D eigenvalue weighted by molar-refractivity contribution is -0.930. The van der Waals surface area contributed by atoms with Crippen molar-refractivity contribution in [2.45, 2.75) is 38.4 Å². The van der Waals surface area contributed by atoms with Crippen LogP contribution in [0.4, 0.5) is 0 Å². The van der Waals surface area contributed by atoms with Crippen molar-refractivity contribution in [3.63, 3.8) is 0 Å². The molecule has 0 saturated carbocycles. The van der Waals surface area contributed by atoms with Crippen LogP contribution in [0.15, 0.2) is 24.3 Å². The summed E-state index contributed by atoms with van der Waals surface area (Å²) in [6.07, 6.45) is 1.56. The number of sulfone groups is 1. The molecule has 126 valence electrons. The first-order chi connectivity index (χ1) is 10.9. The normalized spacial score (nSPS) is 27.2. The molecule has 3 rings (SSSR count). The second kappa shape index (κ2) is 6.24. The summed E-state index contributed by atoms with van der Waals surface area (Å²) in [5.41, 5.74) is 2.70. The van der Waals surface area contributed by atoms with Crippen molar-refractivity contribution in [1.29, 1.82) is 0 Å². The molecule has 1 fully saturated rings. The van der Waals surface area contributed by atoms with Crippen LogP contribution in [-0.4, -0.2) is 56.4 Å². The minimum absolute atomic E-state index is 0.0569. The summed E-state index contributed by atoms with van der Waals surface area (Å²) in [6.45, 7) is 3.77. The first-order valence-corrected chi connectivity index (χ1v) is 10.1. The van der Waals surface area contributed by atoms with Crippen molar-refractivity contribution in [1.82, 2.24) is 4.90 Å². The second-order valence-corrected chi connectivity index (χ2v) is 9.06. The Morgan fingerprint density at radius 3 is 2.65 bits per heavy atom. The van der Waals surface area contributed by atoms with Gasteiger partial charge in [0.05, 0.1) is 18.1 Å². The zero-order valence-electron chi connectivity index (χ0n) is 13.8. The molecule has 6 heteroatoms. The molecule has 0 aromatic heterocycles. The minimum Gasteiger partial charge on any atom is -0.337 e. The Hall–Kier alpha value is -1.40. The van der Waals surface area contributed by atoms with Gasteiger partial charge in [0.1, 0.15) is 6.54 Å². The maximum Gasteiger partial charge on any atom is 0.280 e. The highest BCUT2D eigenvalue weighted by Gasteiger charge is 2.37. The average molecular weight is 337 g/mol. The number of carbonyl (C=O) groups excluding carboxylic acids is 1. The van der Waals surface area contributed by atoms with Gasteiger partial charge in [-0.2, -0.15) is 0 Å². The van der Waals surface area contributed by atoms with Crippen molar-refractivity contribution in [3.05, 3.63) is 35.4 Å². The summed E-state index contributed by atoms with van der Waals surface area (Å²) in [4.78, 5) is 15.7. The topological polar surface area (TPSA) is 58.9 Å². The molecule has 23 heavy (non-hydrogen) atoms. The van der Waals surface area contributed by atoms with Gasteiger partial charge in [-0.05, 0) is 18.9 Å². The SMILES string of the molecule is C[C@H](C(=O)N(C)[C@@H]1CCS(=O)(=O)C1)[NH+]1CCc2ccccc2C1. The fourth-order valence-electron chi connectivity index (χ4n) is 3.71. The van der Waals surface area contributed by atoms with E-state index in [9.17, 15) is 13.2 Å². The van der Waals surface area contributed by atoms with E-state index in [2.05, 4.69) is 18.2 Å². The average Bonchev–Trinajstić information content (AvgIpc) is 2.92. The zero-order valence-corrected chi connectivity index (χ0v) is 14.6. The van der Waals surface area contributed by atoms with E-state index in [0.29, 0.717) is 6.42 Å². The molecule has 3 atom stereocenters. The van der Waals surface area contributed by atoms with E-state index in [1.165, 1.54) is 16.0 Å². The van der Waals surface area contributed by atoms with Gasteiger partial charge in [-0.1, -0.05) is 24.3 Å². The monoisotopic (exact) mass is 337 g/mol. The molecule has 0 radical (unpaired) electrons. The highest BCUT2D eigenvalue weighted by Crippen LogP contribution is 2.17. The van der Waals surface area contributed by atoms with Crippen molar-refractivity contribution < 1.29 is 18.1 Å². The zero-order chi connectivity index (χ0) is 16.6. The standard InChI is InChI=1S/C17H24N2O3S/c1-13(17(20)18(2)16-8-10-23(21,22)12-16)19-9-7-14-5-3-4-6-15(14)11-19/h3-6,13,16H,7-12H2,1-2H3/p+1/t13-,16-/m1/s1. The van der Waals surface area contributed by atoms with E-state index in [1.807, 2.05) is 13.0 Å². The number of likely N-dealkylation sites (N-methyl/N-ethyl adjacent to an activating group) is 1. The predicted octanol–water partition coefficient (Wildman–Crippen LogP) is -0.338. The Labute approximate surface area is 138 Å². The highest BCUT2D eigenvalue weighted by atomic mass is 32.2. The number of nitrogens with one attached hydrogen (secondary N) is 1. The molecule has 1 aromatic carbocycles. The first-order valence-electron chi connectivity index (χ1n) is 8.26. The number of fused-ring (bicyclic) bond motifs is 1. The van der Waals surface area contributed by atoms with Crippen LogP contribution in [0.3, 0.4) is 0 Å². The Morgan fingerprint density at radius 2 is 2.00 bits per heavy atom. The lowest BCUT2D eigenvalue weighted by Crippen LogP contribution is -3.16. The minimum atomic E-state index is -2.97. The molecule has 0 spiro atoms. The molecule has 2 aliphatic heterocycles. The molecule has 1 N–H and O–H groups in total. The van der Waals surface area contributed by atoms with Crippen molar-refractivity contribution in [2.24, 2.45) is 0 Å². The van der Waals surface area contributed by atoms with Crippen molar-refractivity contribution in [3.8, 4) is 0 Å². The molecule has 1 amide bonds. The maximum atomic E-state index is 12.8. The molecule has 1 unspecified atom stereocenters. The Kier molecular flexibility index (Phi) is 4.47. The van der Waals surface area contributed by atoms with Crippen LogP contribution in [-0.2, 0) is 27.6 Å². The summed E-state index contributed by atoms with van der Waals surface area (Å²) < 4.78 is 23.3. The Morgan fingerprint density at radius 1 is 1.30 bits per heavy atom. The van der Waals surface area contributed by atoms with Gasteiger partial charge >= 0.3 is 0 Å². The summed E-state index contributed by atoms with van der Waals surface area (Å²) >= 11 is 0. The van der Waals surface area contributed by atoms with Gasteiger partial charge in [0, 0.05) is 25.1 Å². The van der Waals surface area contributed by atoms with Crippen LogP contribution in [0.5, 0.6) is 0 Å². The Balaban J connectivity index is 1.66. The maximum absolute atomic E-state index is 12.8. The predicted molar refractivity (Wildman–Crippen MR) is 89.0 cm³/mol. The van der Waals surface area contributed by atoms with Crippen LogP contribution in [0.2, 0.25) is 0 Å². The quantitative estimate of drug-likeness (QED) is 0.821. The number of amides is 1. The number of benzene rings is 1. The molecular formula is C17H25N2O3S+. The van der Waals surface area contributed by atoms with Gasteiger partial charge in [-0.25, -0.2) is 8.42 Å². The fraction of sp³-hybridized carbons (Fsp3) is 0.588. The van der Waals surface area contributed by atoms with Crippen molar-refractivity contribution >= 4 is 15.7 Å². The molecule has 2 aliphatic rings. The number of hydrogen-bond donors (Lipinski definition) is 1. The van der Waals surface area contributed by atoms with Gasteiger partial charge in [-0.3, -0.25) is 4.79 Å². The second-order valence-electron chi connectivity index (χ2n) is 6.83. The fourth-order valence-corrected chi connectivity index (χ4v) is 5.49. The number of quaternary nitrogens is 1. The number of hydrogen-bond acceptors (Lipinski definition) is 3. The van der Waals surface area contributed by atoms with Crippen LogP contribution in [0, 0.1) is 0 Å². The van der Waals surface area contributed by atoms with E-state index in [0.717, 1.165) is 19.5 Å². The Bertz CT molecular complexity index is 702. The smallest absolute Gasteiger partial charge is 0.280 e. The third-order valence-corrected chi connectivity index (χ3v) is 7.09. The van der Waals surface area contributed by atoms with Crippen LogP contribution in [0.1, 0.15) is 24.5 Å². The van der Waals surface area contributed by atoms with E-state index in [1.54, 1.807) is 11.9 Å². The van der Waals surface area contributed by atoms with Gasteiger partial charge in [-0.15, -0.1) is 0 Å². The van der Waals surface area contributed by atoms with Crippen LogP contribution >= 0.6 is 0 Å².